The topological polar surface area (TPSA) is 21.6 Å². The third kappa shape index (κ3) is 3.05. The Bertz CT molecular complexity index is 240. The lowest BCUT2D eigenvalue weighted by Crippen LogP contribution is -1.93. The molecule has 0 aliphatic carbocycles. The molecule has 2 heteroatoms. The number of rotatable bonds is 3. The Labute approximate surface area is 80.0 Å². The molecule has 1 aliphatic rings. The zero-order valence-corrected chi connectivity index (χ0v) is 8.42. The van der Waals surface area contributed by atoms with Gasteiger partial charge in [0.25, 0.3) is 0 Å². The van der Waals surface area contributed by atoms with Crippen molar-refractivity contribution in [1.82, 2.24) is 0 Å². The molecule has 0 amide bonds. The molecule has 1 atom stereocenters. The standard InChI is InChI=1S/C11H17NO/c1-9-8-11(10(2)13-9)6-4-5-7-12-3/h6-7,9H,2,4-5,8H2,1,3H3/b11-6-,12-7-. The van der Waals surface area contributed by atoms with Crippen molar-refractivity contribution in [2.24, 2.45) is 4.99 Å². The summed E-state index contributed by atoms with van der Waals surface area (Å²) >= 11 is 0. The van der Waals surface area contributed by atoms with Crippen LogP contribution in [0.4, 0.5) is 0 Å². The average molecular weight is 179 g/mol. The van der Waals surface area contributed by atoms with Gasteiger partial charge < -0.3 is 9.73 Å². The summed E-state index contributed by atoms with van der Waals surface area (Å²) in [6.45, 7) is 5.93. The molecule has 1 unspecified atom stereocenters. The van der Waals surface area contributed by atoms with E-state index in [1.54, 1.807) is 7.05 Å². The average Bonchev–Trinajstić information content (AvgIpc) is 2.39. The van der Waals surface area contributed by atoms with Crippen LogP contribution < -0.4 is 0 Å². The molecule has 0 radical (unpaired) electrons. The minimum absolute atomic E-state index is 0.304. The predicted molar refractivity (Wildman–Crippen MR) is 56.0 cm³/mol. The van der Waals surface area contributed by atoms with Gasteiger partial charge in [0.15, 0.2) is 0 Å². The highest BCUT2D eigenvalue weighted by molar-refractivity contribution is 5.57. The van der Waals surface area contributed by atoms with Gasteiger partial charge in [-0.05, 0) is 31.6 Å². The van der Waals surface area contributed by atoms with E-state index >= 15 is 0 Å². The van der Waals surface area contributed by atoms with Crippen LogP contribution in [0.5, 0.6) is 0 Å². The van der Waals surface area contributed by atoms with E-state index in [4.69, 9.17) is 4.74 Å². The minimum Gasteiger partial charge on any atom is -0.491 e. The Morgan fingerprint density at radius 2 is 2.38 bits per heavy atom. The Kier molecular flexibility index (Phi) is 3.74. The maximum absolute atomic E-state index is 5.43. The first-order valence-corrected chi connectivity index (χ1v) is 4.69. The summed E-state index contributed by atoms with van der Waals surface area (Å²) in [5.74, 6) is 0.848. The van der Waals surface area contributed by atoms with Crippen molar-refractivity contribution in [2.75, 3.05) is 7.05 Å². The van der Waals surface area contributed by atoms with Crippen LogP contribution >= 0.6 is 0 Å². The molecule has 1 fully saturated rings. The summed E-state index contributed by atoms with van der Waals surface area (Å²) in [6.07, 6.45) is 7.47. The molecule has 1 saturated heterocycles. The maximum Gasteiger partial charge on any atom is 0.115 e. The van der Waals surface area contributed by atoms with E-state index in [1.165, 1.54) is 5.57 Å². The molecular weight excluding hydrogens is 162 g/mol. The summed E-state index contributed by atoms with van der Waals surface area (Å²) in [5.41, 5.74) is 1.26. The van der Waals surface area contributed by atoms with Gasteiger partial charge in [0.05, 0.1) is 0 Å². The molecule has 0 bridgehead atoms. The van der Waals surface area contributed by atoms with Crippen LogP contribution in [0, 0.1) is 0 Å². The van der Waals surface area contributed by atoms with E-state index in [2.05, 4.69) is 24.6 Å². The van der Waals surface area contributed by atoms with Crippen molar-refractivity contribution in [1.29, 1.82) is 0 Å². The molecule has 72 valence electrons. The molecule has 1 heterocycles. The molecule has 0 spiro atoms. The second kappa shape index (κ2) is 4.85. The van der Waals surface area contributed by atoms with E-state index in [0.29, 0.717) is 6.10 Å². The van der Waals surface area contributed by atoms with Crippen molar-refractivity contribution in [3.8, 4) is 0 Å². The third-order valence-corrected chi connectivity index (χ3v) is 2.08. The fraction of sp³-hybridized carbons (Fsp3) is 0.545. The molecule has 0 aromatic heterocycles. The monoisotopic (exact) mass is 179 g/mol. The number of ether oxygens (including phenoxy) is 1. The number of unbranched alkanes of at least 4 members (excludes halogenated alkanes) is 1. The van der Waals surface area contributed by atoms with Gasteiger partial charge in [0.2, 0.25) is 0 Å². The van der Waals surface area contributed by atoms with Gasteiger partial charge in [0, 0.05) is 13.5 Å². The second-order valence-corrected chi connectivity index (χ2v) is 3.30. The van der Waals surface area contributed by atoms with E-state index in [9.17, 15) is 0 Å². The Morgan fingerprint density at radius 3 is 2.92 bits per heavy atom. The number of hydrogen-bond donors (Lipinski definition) is 0. The normalized spacial score (nSPS) is 25.8. The van der Waals surface area contributed by atoms with Crippen molar-refractivity contribution < 1.29 is 4.74 Å². The Morgan fingerprint density at radius 1 is 1.62 bits per heavy atom. The van der Waals surface area contributed by atoms with Gasteiger partial charge in [-0.3, -0.25) is 0 Å². The fourth-order valence-electron chi connectivity index (χ4n) is 1.44. The first kappa shape index (κ1) is 10.0. The lowest BCUT2D eigenvalue weighted by atomic mass is 10.1. The molecule has 0 aromatic rings. The van der Waals surface area contributed by atoms with Crippen molar-refractivity contribution >= 4 is 6.21 Å². The van der Waals surface area contributed by atoms with Gasteiger partial charge in [-0.1, -0.05) is 12.7 Å². The molecule has 0 saturated carbocycles. The summed E-state index contributed by atoms with van der Waals surface area (Å²) in [5, 5.41) is 0. The van der Waals surface area contributed by atoms with Crippen LogP contribution in [0.3, 0.4) is 0 Å². The lowest BCUT2D eigenvalue weighted by Gasteiger charge is -1.99. The van der Waals surface area contributed by atoms with Crippen LogP contribution in [0.1, 0.15) is 26.2 Å². The third-order valence-electron chi connectivity index (χ3n) is 2.08. The van der Waals surface area contributed by atoms with Crippen LogP contribution in [0.15, 0.2) is 29.0 Å². The number of hydrogen-bond acceptors (Lipinski definition) is 2. The highest BCUT2D eigenvalue weighted by Gasteiger charge is 2.18. The van der Waals surface area contributed by atoms with E-state index < -0.39 is 0 Å². The highest BCUT2D eigenvalue weighted by Crippen LogP contribution is 2.27. The quantitative estimate of drug-likeness (QED) is 0.482. The first-order valence-electron chi connectivity index (χ1n) is 4.69. The van der Waals surface area contributed by atoms with Crippen LogP contribution in [-0.2, 0) is 4.74 Å². The van der Waals surface area contributed by atoms with Crippen molar-refractivity contribution in [3.05, 3.63) is 24.0 Å². The summed E-state index contributed by atoms with van der Waals surface area (Å²) in [6, 6.07) is 0. The predicted octanol–water partition coefficient (Wildman–Crippen LogP) is 2.72. The minimum atomic E-state index is 0.304. The molecule has 13 heavy (non-hydrogen) atoms. The largest absolute Gasteiger partial charge is 0.491 e. The van der Waals surface area contributed by atoms with Crippen molar-refractivity contribution in [3.63, 3.8) is 0 Å². The number of allylic oxidation sites excluding steroid dienone is 2. The lowest BCUT2D eigenvalue weighted by molar-refractivity contribution is 0.179. The van der Waals surface area contributed by atoms with Gasteiger partial charge >= 0.3 is 0 Å². The van der Waals surface area contributed by atoms with Crippen molar-refractivity contribution in [2.45, 2.75) is 32.3 Å². The number of aliphatic imine (C=N–C) groups is 1. The SMILES string of the molecule is C=C1OC(C)C/C1=C/CC/C=N\C. The van der Waals surface area contributed by atoms with E-state index in [1.807, 2.05) is 6.21 Å². The Balaban J connectivity index is 2.38. The molecule has 2 nitrogen and oxygen atoms in total. The molecule has 1 rings (SSSR count). The van der Waals surface area contributed by atoms with Gasteiger partial charge in [-0.2, -0.15) is 0 Å². The smallest absolute Gasteiger partial charge is 0.115 e. The Hall–Kier alpha value is -1.05. The summed E-state index contributed by atoms with van der Waals surface area (Å²) in [4.78, 5) is 3.93. The summed E-state index contributed by atoms with van der Waals surface area (Å²) < 4.78 is 5.43. The number of nitrogens with zero attached hydrogens (tertiary/aromatic N) is 1. The molecule has 1 aliphatic heterocycles. The highest BCUT2D eigenvalue weighted by atomic mass is 16.5. The molecular formula is C11H17NO. The molecule has 0 aromatic carbocycles. The second-order valence-electron chi connectivity index (χ2n) is 3.30. The van der Waals surface area contributed by atoms with E-state index in [-0.39, 0.29) is 0 Å². The van der Waals surface area contributed by atoms with Gasteiger partial charge in [-0.25, -0.2) is 0 Å². The zero-order chi connectivity index (χ0) is 9.68. The molecule has 0 N–H and O–H groups in total. The van der Waals surface area contributed by atoms with Crippen LogP contribution in [0.25, 0.3) is 0 Å². The fourth-order valence-corrected chi connectivity index (χ4v) is 1.44. The van der Waals surface area contributed by atoms with Crippen LogP contribution in [0.2, 0.25) is 0 Å². The van der Waals surface area contributed by atoms with Gasteiger partial charge in [-0.15, -0.1) is 0 Å². The zero-order valence-electron chi connectivity index (χ0n) is 8.42. The maximum atomic E-state index is 5.43. The van der Waals surface area contributed by atoms with Gasteiger partial charge in [0.1, 0.15) is 11.9 Å². The summed E-state index contributed by atoms with van der Waals surface area (Å²) in [7, 11) is 1.80. The van der Waals surface area contributed by atoms with Crippen LogP contribution in [-0.4, -0.2) is 19.4 Å². The van der Waals surface area contributed by atoms with E-state index in [0.717, 1.165) is 25.0 Å². The first-order chi connectivity index (χ1) is 6.24.